The summed E-state index contributed by atoms with van der Waals surface area (Å²) in [5.74, 6) is 0.844. The molecule has 0 unspecified atom stereocenters. The van der Waals surface area contributed by atoms with Crippen molar-refractivity contribution in [3.63, 3.8) is 0 Å². The summed E-state index contributed by atoms with van der Waals surface area (Å²) in [7, 11) is 1.93. The molecule has 0 aliphatic rings. The molecule has 108 valence electrons. The van der Waals surface area contributed by atoms with Gasteiger partial charge in [-0.15, -0.1) is 0 Å². The molecule has 7 nitrogen and oxygen atoms in total. The number of hydrogen-bond donors (Lipinski definition) is 0. The molecule has 0 saturated heterocycles. The maximum absolute atomic E-state index is 12.5. The monoisotopic (exact) mass is 276 g/mol. The van der Waals surface area contributed by atoms with Crippen LogP contribution in [0.5, 0.6) is 0 Å². The van der Waals surface area contributed by atoms with E-state index in [9.17, 15) is 4.79 Å². The molecular formula is C13H20N6O. The van der Waals surface area contributed by atoms with Crippen LogP contribution in [0, 0.1) is 5.92 Å². The minimum atomic E-state index is -0.142. The molecule has 0 saturated carbocycles. The zero-order chi connectivity index (χ0) is 14.5. The number of carbonyl (C=O) groups is 1. The van der Waals surface area contributed by atoms with Crippen molar-refractivity contribution in [1.29, 1.82) is 0 Å². The van der Waals surface area contributed by atoms with Gasteiger partial charge < -0.3 is 9.47 Å². The van der Waals surface area contributed by atoms with E-state index in [1.807, 2.05) is 36.6 Å². The van der Waals surface area contributed by atoms with Gasteiger partial charge in [0.1, 0.15) is 18.5 Å². The Kier molecular flexibility index (Phi) is 4.49. The van der Waals surface area contributed by atoms with Crippen LogP contribution in [0.1, 0.15) is 19.7 Å². The van der Waals surface area contributed by atoms with Gasteiger partial charge >= 0.3 is 0 Å². The topological polar surface area (TPSA) is 68.8 Å². The van der Waals surface area contributed by atoms with Crippen molar-refractivity contribution >= 4 is 5.91 Å². The lowest BCUT2D eigenvalue weighted by atomic mass is 10.1. The van der Waals surface area contributed by atoms with Crippen molar-refractivity contribution in [2.24, 2.45) is 13.0 Å². The number of aromatic nitrogens is 5. The third-order valence-corrected chi connectivity index (χ3v) is 3.30. The maximum Gasteiger partial charge on any atom is 0.227 e. The molecule has 2 aromatic rings. The Morgan fingerprint density at radius 1 is 1.50 bits per heavy atom. The van der Waals surface area contributed by atoms with Crippen LogP contribution >= 0.6 is 0 Å². The first-order valence-electron chi connectivity index (χ1n) is 6.69. The van der Waals surface area contributed by atoms with Gasteiger partial charge in [-0.1, -0.05) is 6.92 Å². The Morgan fingerprint density at radius 2 is 2.30 bits per heavy atom. The predicted octanol–water partition coefficient (Wildman–Crippen LogP) is 0.696. The average molecular weight is 276 g/mol. The molecule has 0 spiro atoms. The Morgan fingerprint density at radius 3 is 2.85 bits per heavy atom. The third kappa shape index (κ3) is 3.23. The van der Waals surface area contributed by atoms with Crippen molar-refractivity contribution in [3.8, 4) is 0 Å². The minimum Gasteiger partial charge on any atom is -0.337 e. The Bertz CT molecular complexity index is 547. The zero-order valence-corrected chi connectivity index (χ0v) is 12.1. The average Bonchev–Trinajstić information content (AvgIpc) is 3.07. The zero-order valence-electron chi connectivity index (χ0n) is 12.1. The second kappa shape index (κ2) is 6.31. The highest BCUT2D eigenvalue weighted by molar-refractivity contribution is 5.78. The predicted molar refractivity (Wildman–Crippen MR) is 73.5 cm³/mol. The van der Waals surface area contributed by atoms with Gasteiger partial charge in [-0.05, 0) is 6.92 Å². The van der Waals surface area contributed by atoms with Crippen LogP contribution in [0.15, 0.2) is 25.0 Å². The van der Waals surface area contributed by atoms with Gasteiger partial charge in [0.15, 0.2) is 0 Å². The van der Waals surface area contributed by atoms with E-state index in [4.69, 9.17) is 0 Å². The molecule has 2 heterocycles. The molecular weight excluding hydrogens is 256 g/mol. The summed E-state index contributed by atoms with van der Waals surface area (Å²) in [6, 6.07) is 0. The number of rotatable bonds is 6. The quantitative estimate of drug-likeness (QED) is 0.778. The van der Waals surface area contributed by atoms with Gasteiger partial charge in [0.25, 0.3) is 0 Å². The lowest BCUT2D eigenvalue weighted by Gasteiger charge is -2.24. The fourth-order valence-electron chi connectivity index (χ4n) is 2.06. The van der Waals surface area contributed by atoms with Gasteiger partial charge in [-0.3, -0.25) is 9.48 Å². The summed E-state index contributed by atoms with van der Waals surface area (Å²) in [4.78, 5) is 22.4. The van der Waals surface area contributed by atoms with E-state index in [1.54, 1.807) is 17.2 Å². The minimum absolute atomic E-state index is 0.103. The summed E-state index contributed by atoms with van der Waals surface area (Å²) in [6.07, 6.45) is 6.72. The summed E-state index contributed by atoms with van der Waals surface area (Å²) >= 11 is 0. The standard InChI is InChI=1S/C13H20N6O/c1-4-18(8-12-15-5-6-17(12)3)13(20)11(2)7-19-10-14-9-16-19/h5-6,9-11H,4,7-8H2,1-3H3/t11-/m0/s1. The van der Waals surface area contributed by atoms with E-state index in [0.717, 1.165) is 5.82 Å². The molecule has 0 fully saturated rings. The molecule has 0 N–H and O–H groups in total. The Hall–Kier alpha value is -2.18. The number of imidazole rings is 1. The molecule has 2 aromatic heterocycles. The van der Waals surface area contributed by atoms with Gasteiger partial charge in [-0.25, -0.2) is 9.97 Å². The second-order valence-corrected chi connectivity index (χ2v) is 4.83. The van der Waals surface area contributed by atoms with Gasteiger partial charge in [-0.2, -0.15) is 5.10 Å². The normalized spacial score (nSPS) is 12.3. The summed E-state index contributed by atoms with van der Waals surface area (Å²) < 4.78 is 3.61. The van der Waals surface area contributed by atoms with Crippen molar-refractivity contribution < 1.29 is 4.79 Å². The molecule has 0 aliphatic heterocycles. The van der Waals surface area contributed by atoms with Crippen LogP contribution < -0.4 is 0 Å². The summed E-state index contributed by atoms with van der Waals surface area (Å²) in [6.45, 7) is 5.61. The Labute approximate surface area is 118 Å². The first-order chi connectivity index (χ1) is 9.61. The van der Waals surface area contributed by atoms with E-state index < -0.39 is 0 Å². The van der Waals surface area contributed by atoms with E-state index in [0.29, 0.717) is 19.6 Å². The van der Waals surface area contributed by atoms with Crippen LogP contribution in [0.2, 0.25) is 0 Å². The van der Waals surface area contributed by atoms with Gasteiger partial charge in [0, 0.05) is 26.0 Å². The van der Waals surface area contributed by atoms with Gasteiger partial charge in [0.05, 0.1) is 19.0 Å². The molecule has 0 aliphatic carbocycles. The lowest BCUT2D eigenvalue weighted by Crippen LogP contribution is -2.36. The van der Waals surface area contributed by atoms with Crippen LogP contribution in [0.4, 0.5) is 0 Å². The molecule has 1 amide bonds. The Balaban J connectivity index is 1.99. The summed E-state index contributed by atoms with van der Waals surface area (Å²) in [5.41, 5.74) is 0. The van der Waals surface area contributed by atoms with Crippen molar-refractivity contribution in [2.75, 3.05) is 6.54 Å². The van der Waals surface area contributed by atoms with Crippen molar-refractivity contribution in [3.05, 3.63) is 30.9 Å². The highest BCUT2D eigenvalue weighted by Crippen LogP contribution is 2.09. The van der Waals surface area contributed by atoms with Crippen molar-refractivity contribution in [2.45, 2.75) is 26.9 Å². The molecule has 20 heavy (non-hydrogen) atoms. The van der Waals surface area contributed by atoms with Crippen LogP contribution in [0.3, 0.4) is 0 Å². The second-order valence-electron chi connectivity index (χ2n) is 4.83. The lowest BCUT2D eigenvalue weighted by molar-refractivity contribution is -0.136. The number of carbonyl (C=O) groups excluding carboxylic acids is 1. The number of nitrogens with zero attached hydrogens (tertiary/aromatic N) is 6. The first-order valence-corrected chi connectivity index (χ1v) is 6.69. The molecule has 2 rings (SSSR count). The fraction of sp³-hybridized carbons (Fsp3) is 0.538. The van der Waals surface area contributed by atoms with Crippen LogP contribution in [-0.4, -0.2) is 41.7 Å². The van der Waals surface area contributed by atoms with E-state index >= 15 is 0 Å². The largest absolute Gasteiger partial charge is 0.337 e. The first kappa shape index (κ1) is 14.2. The van der Waals surface area contributed by atoms with Gasteiger partial charge in [0.2, 0.25) is 5.91 Å². The van der Waals surface area contributed by atoms with E-state index in [-0.39, 0.29) is 11.8 Å². The van der Waals surface area contributed by atoms with Crippen LogP contribution in [0.25, 0.3) is 0 Å². The smallest absolute Gasteiger partial charge is 0.227 e. The molecule has 1 atom stereocenters. The third-order valence-electron chi connectivity index (χ3n) is 3.30. The highest BCUT2D eigenvalue weighted by atomic mass is 16.2. The summed E-state index contributed by atoms with van der Waals surface area (Å²) in [5, 5.41) is 4.03. The highest BCUT2D eigenvalue weighted by Gasteiger charge is 2.21. The van der Waals surface area contributed by atoms with E-state index in [2.05, 4.69) is 15.1 Å². The van der Waals surface area contributed by atoms with E-state index in [1.165, 1.54) is 6.33 Å². The SMILES string of the molecule is CCN(Cc1nccn1C)C(=O)[C@@H](C)Cn1cncn1. The van der Waals surface area contributed by atoms with Crippen LogP contribution in [-0.2, 0) is 24.9 Å². The molecule has 0 aromatic carbocycles. The number of aryl methyl sites for hydroxylation is 1. The number of amides is 1. The fourth-order valence-corrected chi connectivity index (χ4v) is 2.06. The molecule has 0 bridgehead atoms. The molecule has 7 heteroatoms. The molecule has 0 radical (unpaired) electrons. The maximum atomic E-state index is 12.5. The number of hydrogen-bond acceptors (Lipinski definition) is 4. The van der Waals surface area contributed by atoms with Crippen molar-refractivity contribution in [1.82, 2.24) is 29.2 Å².